The van der Waals surface area contributed by atoms with Gasteiger partial charge in [0.25, 0.3) is 0 Å². The Morgan fingerprint density at radius 1 is 1.29 bits per heavy atom. The standard InChI is InChI=1S/C12H13BrN4/c13-11-5-10(7-16-8-11)12(17-14)4-9-2-1-3-15-6-9/h1-3,5-8,12,17H,4,14H2. The highest BCUT2D eigenvalue weighted by molar-refractivity contribution is 9.10. The Morgan fingerprint density at radius 3 is 2.82 bits per heavy atom. The molecule has 2 aromatic heterocycles. The largest absolute Gasteiger partial charge is 0.271 e. The molecule has 0 bridgehead atoms. The van der Waals surface area contributed by atoms with Crippen LogP contribution in [0.4, 0.5) is 0 Å². The van der Waals surface area contributed by atoms with Crippen molar-refractivity contribution in [2.75, 3.05) is 0 Å². The van der Waals surface area contributed by atoms with Gasteiger partial charge >= 0.3 is 0 Å². The summed E-state index contributed by atoms with van der Waals surface area (Å²) in [7, 11) is 0. The Kier molecular flexibility index (Phi) is 4.19. The van der Waals surface area contributed by atoms with E-state index in [0.717, 1.165) is 22.0 Å². The Balaban J connectivity index is 2.17. The zero-order chi connectivity index (χ0) is 12.1. The van der Waals surface area contributed by atoms with Crippen LogP contribution < -0.4 is 11.3 Å². The van der Waals surface area contributed by atoms with Crippen molar-refractivity contribution in [3.05, 3.63) is 58.6 Å². The van der Waals surface area contributed by atoms with Gasteiger partial charge in [-0.1, -0.05) is 6.07 Å². The van der Waals surface area contributed by atoms with Crippen molar-refractivity contribution in [3.63, 3.8) is 0 Å². The molecule has 0 aliphatic carbocycles. The average Bonchev–Trinajstić information content (AvgIpc) is 2.37. The van der Waals surface area contributed by atoms with Crippen LogP contribution in [0.1, 0.15) is 17.2 Å². The monoisotopic (exact) mass is 292 g/mol. The van der Waals surface area contributed by atoms with Crippen molar-refractivity contribution in [1.82, 2.24) is 15.4 Å². The van der Waals surface area contributed by atoms with Gasteiger partial charge in [-0.05, 0) is 45.6 Å². The first kappa shape index (κ1) is 12.2. The van der Waals surface area contributed by atoms with Gasteiger partial charge in [0.05, 0.1) is 6.04 Å². The molecule has 0 spiro atoms. The Hall–Kier alpha value is -1.30. The maximum atomic E-state index is 5.59. The van der Waals surface area contributed by atoms with Crippen LogP contribution in [-0.4, -0.2) is 9.97 Å². The van der Waals surface area contributed by atoms with E-state index in [4.69, 9.17) is 5.84 Å². The molecule has 0 aliphatic heterocycles. The molecule has 0 aliphatic rings. The SMILES string of the molecule is NNC(Cc1cccnc1)c1cncc(Br)c1. The van der Waals surface area contributed by atoms with Crippen molar-refractivity contribution in [3.8, 4) is 0 Å². The number of nitrogens with one attached hydrogen (secondary N) is 1. The van der Waals surface area contributed by atoms with E-state index < -0.39 is 0 Å². The zero-order valence-corrected chi connectivity index (χ0v) is 10.8. The molecule has 1 unspecified atom stereocenters. The minimum absolute atomic E-state index is 0.0317. The highest BCUT2D eigenvalue weighted by Gasteiger charge is 2.11. The van der Waals surface area contributed by atoms with Crippen LogP contribution >= 0.6 is 15.9 Å². The summed E-state index contributed by atoms with van der Waals surface area (Å²) in [5.74, 6) is 5.59. The molecule has 0 amide bonds. The number of rotatable bonds is 4. The first-order chi connectivity index (χ1) is 8.29. The van der Waals surface area contributed by atoms with Crippen LogP contribution in [0.25, 0.3) is 0 Å². The predicted octanol–water partition coefficient (Wildman–Crippen LogP) is 1.99. The maximum absolute atomic E-state index is 5.59. The highest BCUT2D eigenvalue weighted by atomic mass is 79.9. The third-order valence-electron chi connectivity index (χ3n) is 2.49. The third-order valence-corrected chi connectivity index (χ3v) is 2.93. The van der Waals surface area contributed by atoms with Crippen molar-refractivity contribution in [2.24, 2.45) is 5.84 Å². The van der Waals surface area contributed by atoms with E-state index >= 15 is 0 Å². The number of nitrogens with zero attached hydrogens (tertiary/aromatic N) is 2. The number of nitrogens with two attached hydrogens (primary N) is 1. The number of aromatic nitrogens is 2. The minimum Gasteiger partial charge on any atom is -0.271 e. The van der Waals surface area contributed by atoms with Gasteiger partial charge < -0.3 is 0 Å². The summed E-state index contributed by atoms with van der Waals surface area (Å²) in [6, 6.07) is 5.99. The normalized spacial score (nSPS) is 12.4. The molecule has 0 saturated carbocycles. The predicted molar refractivity (Wildman–Crippen MR) is 69.9 cm³/mol. The van der Waals surface area contributed by atoms with Crippen LogP contribution in [0.15, 0.2) is 47.5 Å². The summed E-state index contributed by atoms with van der Waals surface area (Å²) in [4.78, 5) is 8.23. The number of hydrogen-bond acceptors (Lipinski definition) is 4. The van der Waals surface area contributed by atoms with Crippen LogP contribution in [0.2, 0.25) is 0 Å². The second kappa shape index (κ2) is 5.86. The lowest BCUT2D eigenvalue weighted by atomic mass is 10.0. The molecule has 0 fully saturated rings. The summed E-state index contributed by atoms with van der Waals surface area (Å²) in [6.45, 7) is 0. The molecule has 88 valence electrons. The van der Waals surface area contributed by atoms with Gasteiger partial charge in [0.15, 0.2) is 0 Å². The van der Waals surface area contributed by atoms with E-state index in [1.165, 1.54) is 0 Å². The van der Waals surface area contributed by atoms with Crippen molar-refractivity contribution in [2.45, 2.75) is 12.5 Å². The second-order valence-electron chi connectivity index (χ2n) is 3.72. The van der Waals surface area contributed by atoms with Crippen LogP contribution in [-0.2, 0) is 6.42 Å². The minimum atomic E-state index is 0.0317. The topological polar surface area (TPSA) is 63.8 Å². The van der Waals surface area contributed by atoms with E-state index in [1.54, 1.807) is 12.4 Å². The van der Waals surface area contributed by atoms with Crippen LogP contribution in [0.3, 0.4) is 0 Å². The molecule has 0 radical (unpaired) electrons. The Morgan fingerprint density at radius 2 is 2.18 bits per heavy atom. The van der Waals surface area contributed by atoms with Crippen LogP contribution in [0.5, 0.6) is 0 Å². The quantitative estimate of drug-likeness (QED) is 0.668. The summed E-state index contributed by atoms with van der Waals surface area (Å²) in [5, 5.41) is 0. The molecule has 2 rings (SSSR count). The van der Waals surface area contributed by atoms with E-state index in [-0.39, 0.29) is 6.04 Å². The second-order valence-corrected chi connectivity index (χ2v) is 4.64. The van der Waals surface area contributed by atoms with E-state index in [0.29, 0.717) is 0 Å². The fourth-order valence-electron chi connectivity index (χ4n) is 1.65. The van der Waals surface area contributed by atoms with Gasteiger partial charge in [0, 0.05) is 29.3 Å². The number of hydrogen-bond donors (Lipinski definition) is 2. The first-order valence-corrected chi connectivity index (χ1v) is 6.04. The molecule has 2 heterocycles. The number of hydrazine groups is 1. The zero-order valence-electron chi connectivity index (χ0n) is 9.18. The van der Waals surface area contributed by atoms with Gasteiger partial charge in [0.2, 0.25) is 0 Å². The summed E-state index contributed by atoms with van der Waals surface area (Å²) < 4.78 is 0.946. The summed E-state index contributed by atoms with van der Waals surface area (Å²) in [6.07, 6.45) is 7.94. The molecule has 0 aromatic carbocycles. The van der Waals surface area contributed by atoms with Crippen LogP contribution in [0, 0.1) is 0 Å². The summed E-state index contributed by atoms with van der Waals surface area (Å²) in [5.41, 5.74) is 4.99. The van der Waals surface area contributed by atoms with Crippen molar-refractivity contribution in [1.29, 1.82) is 0 Å². The first-order valence-electron chi connectivity index (χ1n) is 5.25. The molecule has 17 heavy (non-hydrogen) atoms. The average molecular weight is 293 g/mol. The lowest BCUT2D eigenvalue weighted by Gasteiger charge is -2.16. The number of pyridine rings is 2. The van der Waals surface area contributed by atoms with E-state index in [2.05, 4.69) is 31.3 Å². The molecule has 5 heteroatoms. The fourth-order valence-corrected chi connectivity index (χ4v) is 2.03. The maximum Gasteiger partial charge on any atom is 0.0516 e. The van der Waals surface area contributed by atoms with Gasteiger partial charge in [-0.25, -0.2) is 0 Å². The lowest BCUT2D eigenvalue weighted by molar-refractivity contribution is 0.549. The van der Waals surface area contributed by atoms with Crippen molar-refractivity contribution < 1.29 is 0 Å². The van der Waals surface area contributed by atoms with Gasteiger partial charge in [-0.15, -0.1) is 0 Å². The van der Waals surface area contributed by atoms with Gasteiger partial charge in [-0.3, -0.25) is 21.2 Å². The fraction of sp³-hybridized carbons (Fsp3) is 0.167. The Labute approximate surface area is 108 Å². The molecular formula is C12H13BrN4. The van der Waals surface area contributed by atoms with Gasteiger partial charge in [-0.2, -0.15) is 0 Å². The smallest absolute Gasteiger partial charge is 0.0516 e. The number of halogens is 1. The van der Waals surface area contributed by atoms with E-state index in [1.807, 2.05) is 30.6 Å². The molecule has 4 nitrogen and oxygen atoms in total. The molecule has 2 aromatic rings. The third kappa shape index (κ3) is 3.33. The molecular weight excluding hydrogens is 280 g/mol. The molecule has 1 atom stereocenters. The summed E-state index contributed by atoms with van der Waals surface area (Å²) >= 11 is 3.40. The Bertz CT molecular complexity index is 475. The molecule has 3 N–H and O–H groups in total. The van der Waals surface area contributed by atoms with Crippen molar-refractivity contribution >= 4 is 15.9 Å². The highest BCUT2D eigenvalue weighted by Crippen LogP contribution is 2.19. The van der Waals surface area contributed by atoms with Gasteiger partial charge in [0.1, 0.15) is 0 Å². The molecule has 0 saturated heterocycles. The van der Waals surface area contributed by atoms with E-state index in [9.17, 15) is 0 Å². The lowest BCUT2D eigenvalue weighted by Crippen LogP contribution is -2.29.